The molecule has 0 aromatic carbocycles. The number of aliphatic carboxylic acids is 1. The third-order valence-electron chi connectivity index (χ3n) is 1.49. The number of ether oxygens (including phenoxy) is 1. The molecule has 0 aliphatic carbocycles. The number of thiazole rings is 1. The van der Waals surface area contributed by atoms with Gasteiger partial charge < -0.3 is 9.84 Å². The van der Waals surface area contributed by atoms with Gasteiger partial charge in [-0.3, -0.25) is 4.79 Å². The maximum Gasteiger partial charge on any atom is 0.350 e. The van der Waals surface area contributed by atoms with Crippen molar-refractivity contribution in [3.05, 3.63) is 15.6 Å². The van der Waals surface area contributed by atoms with Gasteiger partial charge in [-0.2, -0.15) is 0 Å². The summed E-state index contributed by atoms with van der Waals surface area (Å²) in [5, 5.41) is 9.22. The van der Waals surface area contributed by atoms with Gasteiger partial charge >= 0.3 is 11.9 Å². The van der Waals surface area contributed by atoms with E-state index in [1.807, 2.05) is 13.8 Å². The molecule has 0 radical (unpaired) electrons. The number of carbonyl (C=O) groups excluding carboxylic acids is 1. The molecule has 0 bridgehead atoms. The Balaban J connectivity index is 0.00000106. The molecule has 90 valence electrons. The van der Waals surface area contributed by atoms with Crippen LogP contribution in [0, 0.1) is 6.92 Å². The minimum Gasteiger partial charge on any atom is -0.481 e. The molecule has 0 saturated carbocycles. The monoisotopic (exact) mass is 245 g/mol. The van der Waals surface area contributed by atoms with Crippen molar-refractivity contribution >= 4 is 23.3 Å². The second-order valence-corrected chi connectivity index (χ2v) is 3.77. The van der Waals surface area contributed by atoms with Crippen LogP contribution in [0.4, 0.5) is 0 Å². The van der Waals surface area contributed by atoms with E-state index in [1.165, 1.54) is 7.11 Å². The maximum atomic E-state index is 11.2. The summed E-state index contributed by atoms with van der Waals surface area (Å²) in [4.78, 5) is 25.9. The molecule has 1 N–H and O–H groups in total. The number of hydrogen-bond acceptors (Lipinski definition) is 5. The fourth-order valence-electron chi connectivity index (χ4n) is 0.985. The molecule has 0 spiro atoms. The van der Waals surface area contributed by atoms with Crippen LogP contribution < -0.4 is 0 Å². The van der Waals surface area contributed by atoms with E-state index in [0.717, 1.165) is 11.3 Å². The largest absolute Gasteiger partial charge is 0.481 e. The van der Waals surface area contributed by atoms with Crippen molar-refractivity contribution in [1.82, 2.24) is 4.98 Å². The van der Waals surface area contributed by atoms with Gasteiger partial charge in [0, 0.05) is 0 Å². The first-order chi connectivity index (χ1) is 7.54. The number of aromatic nitrogens is 1. The average molecular weight is 245 g/mol. The second-order valence-electron chi connectivity index (χ2n) is 2.57. The molecule has 1 rings (SSSR count). The molecular weight excluding hydrogens is 230 g/mol. The lowest BCUT2D eigenvalue weighted by Crippen LogP contribution is -2.07. The Morgan fingerprint density at radius 2 is 2.00 bits per heavy atom. The topological polar surface area (TPSA) is 76.5 Å². The number of rotatable bonds is 3. The lowest BCUT2D eigenvalue weighted by Gasteiger charge is -1.96. The Labute approximate surface area is 98.1 Å². The van der Waals surface area contributed by atoms with Gasteiger partial charge in [0.25, 0.3) is 0 Å². The third-order valence-corrected chi connectivity index (χ3v) is 2.49. The minimum atomic E-state index is -1.01. The summed E-state index contributed by atoms with van der Waals surface area (Å²) in [6.07, 6.45) is -0.255. The standard InChI is InChI=1S/C8H9NO4S.C2H6/c1-4-9-5(3-6(10)11)7(14-4)8(12)13-2;1-2/h3H2,1-2H3,(H,10,11);1-2H3. The molecular formula is C10H15NO4S. The Morgan fingerprint density at radius 3 is 2.44 bits per heavy atom. The SMILES string of the molecule is CC.COC(=O)c1sc(C)nc1CC(=O)O. The van der Waals surface area contributed by atoms with Gasteiger partial charge in [0.15, 0.2) is 0 Å². The van der Waals surface area contributed by atoms with E-state index in [4.69, 9.17) is 5.11 Å². The van der Waals surface area contributed by atoms with Gasteiger partial charge in [-0.25, -0.2) is 9.78 Å². The van der Waals surface area contributed by atoms with Crippen molar-refractivity contribution in [3.63, 3.8) is 0 Å². The highest BCUT2D eigenvalue weighted by Gasteiger charge is 2.18. The van der Waals surface area contributed by atoms with Crippen LogP contribution in [0.25, 0.3) is 0 Å². The van der Waals surface area contributed by atoms with Gasteiger partial charge in [-0.1, -0.05) is 13.8 Å². The summed E-state index contributed by atoms with van der Waals surface area (Å²) in [6, 6.07) is 0. The summed E-state index contributed by atoms with van der Waals surface area (Å²) in [5.41, 5.74) is 0.270. The predicted octanol–water partition coefficient (Wildman–Crippen LogP) is 1.89. The van der Waals surface area contributed by atoms with E-state index in [1.54, 1.807) is 6.92 Å². The van der Waals surface area contributed by atoms with Gasteiger partial charge in [0.2, 0.25) is 0 Å². The van der Waals surface area contributed by atoms with E-state index in [0.29, 0.717) is 5.01 Å². The number of hydrogen-bond donors (Lipinski definition) is 1. The van der Waals surface area contributed by atoms with Crippen LogP contribution in [0.2, 0.25) is 0 Å². The van der Waals surface area contributed by atoms with Gasteiger partial charge in [0.05, 0.1) is 24.2 Å². The van der Waals surface area contributed by atoms with E-state index in [2.05, 4.69) is 9.72 Å². The van der Waals surface area contributed by atoms with Crippen LogP contribution in [-0.4, -0.2) is 29.1 Å². The van der Waals surface area contributed by atoms with Crippen LogP contribution >= 0.6 is 11.3 Å². The average Bonchev–Trinajstić information content (AvgIpc) is 2.60. The van der Waals surface area contributed by atoms with Gasteiger partial charge in [-0.05, 0) is 6.92 Å². The summed E-state index contributed by atoms with van der Waals surface area (Å²) in [7, 11) is 1.25. The fourth-order valence-corrected chi connectivity index (χ4v) is 1.84. The van der Waals surface area contributed by atoms with Crippen LogP contribution in [0.15, 0.2) is 0 Å². The molecule has 0 amide bonds. The van der Waals surface area contributed by atoms with Crippen molar-refractivity contribution in [2.24, 2.45) is 0 Å². The quantitative estimate of drug-likeness (QED) is 0.823. The summed E-state index contributed by atoms with van der Waals surface area (Å²) in [6.45, 7) is 5.71. The van der Waals surface area contributed by atoms with Crippen LogP contribution in [0.1, 0.15) is 34.2 Å². The number of carboxylic acid groups (broad SMARTS) is 1. The van der Waals surface area contributed by atoms with Crippen molar-refractivity contribution in [2.45, 2.75) is 27.2 Å². The Hall–Kier alpha value is -1.43. The molecule has 0 saturated heterocycles. The van der Waals surface area contributed by atoms with Crippen LogP contribution in [0.3, 0.4) is 0 Å². The molecule has 1 aromatic heterocycles. The molecule has 0 aliphatic heterocycles. The highest BCUT2D eigenvalue weighted by atomic mass is 32.1. The zero-order chi connectivity index (χ0) is 12.7. The molecule has 0 atom stereocenters. The smallest absolute Gasteiger partial charge is 0.350 e. The highest BCUT2D eigenvalue weighted by molar-refractivity contribution is 7.13. The number of methoxy groups -OCH3 is 1. The Kier molecular flexibility index (Phi) is 6.32. The summed E-state index contributed by atoms with van der Waals surface area (Å²) in [5.74, 6) is -1.55. The van der Waals surface area contributed by atoms with Crippen molar-refractivity contribution in [1.29, 1.82) is 0 Å². The third kappa shape index (κ3) is 3.98. The molecule has 5 nitrogen and oxygen atoms in total. The molecule has 0 aliphatic rings. The lowest BCUT2D eigenvalue weighted by molar-refractivity contribution is -0.136. The molecule has 0 fully saturated rings. The van der Waals surface area contributed by atoms with Crippen molar-refractivity contribution in [2.75, 3.05) is 7.11 Å². The van der Waals surface area contributed by atoms with E-state index in [9.17, 15) is 9.59 Å². The number of carboxylic acids is 1. The van der Waals surface area contributed by atoms with Crippen LogP contribution in [0.5, 0.6) is 0 Å². The lowest BCUT2D eigenvalue weighted by atomic mass is 10.3. The van der Waals surface area contributed by atoms with E-state index >= 15 is 0 Å². The summed E-state index contributed by atoms with van der Waals surface area (Å²) >= 11 is 1.14. The Morgan fingerprint density at radius 1 is 1.44 bits per heavy atom. The van der Waals surface area contributed by atoms with Crippen molar-refractivity contribution in [3.8, 4) is 0 Å². The first kappa shape index (κ1) is 14.6. The molecule has 0 unspecified atom stereocenters. The molecule has 1 aromatic rings. The van der Waals surface area contributed by atoms with Gasteiger partial charge in [-0.15, -0.1) is 11.3 Å². The number of nitrogens with zero attached hydrogens (tertiary/aromatic N) is 1. The Bertz CT molecular complexity index is 373. The normalized spacial score (nSPS) is 9.00. The number of esters is 1. The van der Waals surface area contributed by atoms with E-state index in [-0.39, 0.29) is 17.0 Å². The predicted molar refractivity (Wildman–Crippen MR) is 60.9 cm³/mol. The maximum absolute atomic E-state index is 11.2. The highest BCUT2D eigenvalue weighted by Crippen LogP contribution is 2.19. The van der Waals surface area contributed by atoms with Crippen molar-refractivity contribution < 1.29 is 19.4 Å². The molecule has 6 heteroatoms. The first-order valence-corrected chi connectivity index (χ1v) is 5.62. The molecule has 1 heterocycles. The van der Waals surface area contributed by atoms with Gasteiger partial charge in [0.1, 0.15) is 4.88 Å². The first-order valence-electron chi connectivity index (χ1n) is 4.81. The zero-order valence-electron chi connectivity index (χ0n) is 9.73. The number of carbonyl (C=O) groups is 2. The zero-order valence-corrected chi connectivity index (χ0v) is 10.6. The summed E-state index contributed by atoms with van der Waals surface area (Å²) < 4.78 is 4.51. The van der Waals surface area contributed by atoms with E-state index < -0.39 is 11.9 Å². The van der Waals surface area contributed by atoms with Crippen LogP contribution in [-0.2, 0) is 16.0 Å². The fraction of sp³-hybridized carbons (Fsp3) is 0.500. The molecule has 16 heavy (non-hydrogen) atoms. The minimum absolute atomic E-state index is 0.255. The second kappa shape index (κ2) is 6.95. The number of aryl methyl sites for hydroxylation is 1.